The third kappa shape index (κ3) is 48.3. The third-order valence-corrected chi connectivity index (χ3v) is 13.2. The number of rotatable bonds is 52. The second-order valence-corrected chi connectivity index (χ2v) is 19.5. The zero-order valence-electron chi connectivity index (χ0n) is 42.5. The van der Waals surface area contributed by atoms with Crippen LogP contribution in [0.1, 0.15) is 303 Å². The van der Waals surface area contributed by atoms with E-state index in [-0.39, 0.29) is 6.61 Å². The minimum atomic E-state index is -1.11. The van der Waals surface area contributed by atoms with E-state index in [0.29, 0.717) is 6.42 Å². The lowest BCUT2D eigenvalue weighted by atomic mass is 10.0. The van der Waals surface area contributed by atoms with Gasteiger partial charge < -0.3 is 20.6 Å². The molecule has 372 valence electrons. The van der Waals surface area contributed by atoms with Crippen LogP contribution in [0.25, 0.3) is 0 Å². The van der Waals surface area contributed by atoms with Gasteiger partial charge in [-0.2, -0.15) is 0 Å². The summed E-state index contributed by atoms with van der Waals surface area (Å²) in [6, 6.07) is -0.820. The molecule has 3 unspecified atom stereocenters. The number of nitrogens with one attached hydrogen (secondary N) is 1. The van der Waals surface area contributed by atoms with Crippen LogP contribution in [0.15, 0.2) is 36.5 Å². The number of carbonyl (C=O) groups excluding carboxylic acids is 1. The van der Waals surface area contributed by atoms with Crippen LogP contribution >= 0.6 is 0 Å². The van der Waals surface area contributed by atoms with Gasteiger partial charge in [-0.1, -0.05) is 294 Å². The zero-order valence-corrected chi connectivity index (χ0v) is 42.5. The van der Waals surface area contributed by atoms with Crippen molar-refractivity contribution in [2.75, 3.05) is 6.61 Å². The molecular formula is C58H111NO4. The molecule has 0 aromatic carbocycles. The van der Waals surface area contributed by atoms with E-state index in [9.17, 15) is 20.1 Å². The molecule has 5 heteroatoms. The predicted octanol–water partition coefficient (Wildman–Crippen LogP) is 17.4. The second kappa shape index (κ2) is 53.2. The number of carbonyl (C=O) groups is 1. The van der Waals surface area contributed by atoms with Crippen LogP contribution < -0.4 is 5.32 Å². The van der Waals surface area contributed by atoms with Crippen LogP contribution in [-0.2, 0) is 4.79 Å². The Kier molecular flexibility index (Phi) is 52.0. The topological polar surface area (TPSA) is 89.8 Å². The number of amides is 1. The molecule has 0 bridgehead atoms. The van der Waals surface area contributed by atoms with E-state index < -0.39 is 24.2 Å². The Labute approximate surface area is 394 Å². The fraction of sp³-hybridized carbons (Fsp3) is 0.879. The van der Waals surface area contributed by atoms with Gasteiger partial charge in [0.15, 0.2) is 0 Å². The highest BCUT2D eigenvalue weighted by Gasteiger charge is 2.22. The average molecular weight is 887 g/mol. The first-order valence-electron chi connectivity index (χ1n) is 28.3. The van der Waals surface area contributed by atoms with E-state index in [0.717, 1.165) is 44.9 Å². The van der Waals surface area contributed by atoms with Crippen LogP contribution in [0.4, 0.5) is 0 Å². The molecule has 0 radical (unpaired) electrons. The maximum absolute atomic E-state index is 12.5. The maximum atomic E-state index is 12.5. The molecule has 63 heavy (non-hydrogen) atoms. The minimum Gasteiger partial charge on any atom is -0.394 e. The van der Waals surface area contributed by atoms with Gasteiger partial charge in [-0.3, -0.25) is 4.79 Å². The normalized spacial score (nSPS) is 13.5. The Morgan fingerprint density at radius 3 is 0.968 bits per heavy atom. The van der Waals surface area contributed by atoms with Crippen molar-refractivity contribution in [2.45, 2.75) is 321 Å². The summed E-state index contributed by atoms with van der Waals surface area (Å²) in [6.45, 7) is 4.20. The lowest BCUT2D eigenvalue weighted by molar-refractivity contribution is -0.131. The van der Waals surface area contributed by atoms with Crippen molar-refractivity contribution in [1.82, 2.24) is 5.32 Å². The molecule has 3 atom stereocenters. The quantitative estimate of drug-likeness (QED) is 0.0362. The zero-order chi connectivity index (χ0) is 45.8. The van der Waals surface area contributed by atoms with Gasteiger partial charge >= 0.3 is 0 Å². The maximum Gasteiger partial charge on any atom is 0.249 e. The molecule has 0 aromatic rings. The van der Waals surface area contributed by atoms with E-state index in [1.54, 1.807) is 6.08 Å². The van der Waals surface area contributed by atoms with E-state index in [4.69, 9.17) is 0 Å². The summed E-state index contributed by atoms with van der Waals surface area (Å²) in [5.74, 6) is -0.512. The van der Waals surface area contributed by atoms with Gasteiger partial charge in [0.05, 0.1) is 18.8 Å². The van der Waals surface area contributed by atoms with Crippen molar-refractivity contribution >= 4 is 5.91 Å². The summed E-state index contributed by atoms with van der Waals surface area (Å²) in [6.07, 6.45) is 69.4. The molecule has 0 aromatic heterocycles. The molecule has 0 heterocycles. The van der Waals surface area contributed by atoms with Crippen LogP contribution in [0, 0.1) is 0 Å². The van der Waals surface area contributed by atoms with Gasteiger partial charge in [0.2, 0.25) is 5.91 Å². The number of aliphatic hydroxyl groups is 3. The summed E-state index contributed by atoms with van der Waals surface area (Å²) in [7, 11) is 0. The third-order valence-electron chi connectivity index (χ3n) is 13.2. The Morgan fingerprint density at radius 2 is 0.651 bits per heavy atom. The molecule has 0 fully saturated rings. The molecule has 0 saturated heterocycles. The van der Waals surface area contributed by atoms with Crippen LogP contribution in [0.2, 0.25) is 0 Å². The van der Waals surface area contributed by atoms with Gasteiger partial charge in [-0.05, 0) is 44.9 Å². The lowest BCUT2D eigenvalue weighted by Crippen LogP contribution is -2.48. The van der Waals surface area contributed by atoms with E-state index in [2.05, 4.69) is 43.5 Å². The fourth-order valence-corrected chi connectivity index (χ4v) is 8.81. The molecule has 1 amide bonds. The van der Waals surface area contributed by atoms with Gasteiger partial charge in [-0.15, -0.1) is 0 Å². The molecule has 0 saturated carbocycles. The highest BCUT2D eigenvalue weighted by molar-refractivity contribution is 5.80. The Morgan fingerprint density at radius 1 is 0.381 bits per heavy atom. The first-order valence-corrected chi connectivity index (χ1v) is 28.3. The summed E-state index contributed by atoms with van der Waals surface area (Å²) >= 11 is 0. The van der Waals surface area contributed by atoms with Gasteiger partial charge in [0, 0.05) is 0 Å². The number of hydrogen-bond acceptors (Lipinski definition) is 4. The number of hydrogen-bond donors (Lipinski definition) is 4. The minimum absolute atomic E-state index is 0.379. The Balaban J connectivity index is 3.59. The van der Waals surface area contributed by atoms with Crippen LogP contribution in [0.3, 0.4) is 0 Å². The lowest BCUT2D eigenvalue weighted by Gasteiger charge is -2.21. The summed E-state index contributed by atoms with van der Waals surface area (Å²) in [4.78, 5) is 12.5. The van der Waals surface area contributed by atoms with E-state index >= 15 is 0 Å². The number of aliphatic hydroxyl groups excluding tert-OH is 3. The molecule has 0 aliphatic carbocycles. The van der Waals surface area contributed by atoms with Crippen LogP contribution in [-0.4, -0.2) is 46.1 Å². The molecule has 0 rings (SSSR count). The molecule has 4 N–H and O–H groups in total. The highest BCUT2D eigenvalue weighted by Crippen LogP contribution is 2.17. The predicted molar refractivity (Wildman–Crippen MR) is 278 cm³/mol. The molecule has 0 aliphatic heterocycles. The van der Waals surface area contributed by atoms with Gasteiger partial charge in [-0.25, -0.2) is 0 Å². The summed E-state index contributed by atoms with van der Waals surface area (Å²) in [5, 5.41) is 33.3. The molecule has 5 nitrogen and oxygen atoms in total. The van der Waals surface area contributed by atoms with Crippen molar-refractivity contribution in [3.63, 3.8) is 0 Å². The largest absolute Gasteiger partial charge is 0.394 e. The molecular weight excluding hydrogens is 775 g/mol. The highest BCUT2D eigenvalue weighted by atomic mass is 16.3. The number of allylic oxidation sites excluding steroid dienone is 5. The Hall–Kier alpha value is -1.43. The summed E-state index contributed by atoms with van der Waals surface area (Å²) < 4.78 is 0. The van der Waals surface area contributed by atoms with Crippen molar-refractivity contribution in [3.05, 3.63) is 36.5 Å². The SMILES string of the molecule is CCCCCCCCCCCCC/C=C/CC/C=C/CC/C=C/C(O)C(CO)NC(=O)C(O)CCCCCCCCCCCCCCCCCCCCCCCCCCCCCC. The average Bonchev–Trinajstić information content (AvgIpc) is 3.29. The molecule has 0 aliphatic rings. The smallest absolute Gasteiger partial charge is 0.249 e. The van der Waals surface area contributed by atoms with Crippen molar-refractivity contribution in [3.8, 4) is 0 Å². The Bertz CT molecular complexity index is 978. The second-order valence-electron chi connectivity index (χ2n) is 19.5. The van der Waals surface area contributed by atoms with Crippen molar-refractivity contribution in [1.29, 1.82) is 0 Å². The fourth-order valence-electron chi connectivity index (χ4n) is 8.81. The van der Waals surface area contributed by atoms with E-state index in [1.165, 1.54) is 238 Å². The van der Waals surface area contributed by atoms with Crippen molar-refractivity contribution in [2.24, 2.45) is 0 Å². The first-order chi connectivity index (χ1) is 31.1. The van der Waals surface area contributed by atoms with E-state index in [1.807, 2.05) is 6.08 Å². The first kappa shape index (κ1) is 61.6. The van der Waals surface area contributed by atoms with Crippen molar-refractivity contribution < 1.29 is 20.1 Å². The van der Waals surface area contributed by atoms with Gasteiger partial charge in [0.1, 0.15) is 6.10 Å². The van der Waals surface area contributed by atoms with Crippen LogP contribution in [0.5, 0.6) is 0 Å². The number of unbranched alkanes of at least 4 members (excludes halogenated alkanes) is 40. The standard InChI is InChI=1S/C58H111NO4/c1-3-5-7-9-11-13-15-17-19-21-23-25-26-27-28-29-30-31-33-35-37-39-41-43-45-47-49-51-53-57(62)58(63)59-55(54-60)56(61)52-50-48-46-44-42-40-38-36-34-32-24-22-20-18-16-14-12-10-8-6-4-2/h34,36,42,44,50,52,55-57,60-62H,3-33,35,37-41,43,45-49,51,53-54H2,1-2H3,(H,59,63)/b36-34+,44-42+,52-50+. The van der Waals surface area contributed by atoms with Gasteiger partial charge in [0.25, 0.3) is 0 Å². The molecule has 0 spiro atoms. The monoisotopic (exact) mass is 886 g/mol. The summed E-state index contributed by atoms with van der Waals surface area (Å²) in [5.41, 5.74) is 0.